The van der Waals surface area contributed by atoms with E-state index >= 15 is 0 Å². The van der Waals surface area contributed by atoms with Crippen LogP contribution in [0.2, 0.25) is 0 Å². The first-order chi connectivity index (χ1) is 7.20. The van der Waals surface area contributed by atoms with Gasteiger partial charge in [0.15, 0.2) is 0 Å². The molecule has 0 aromatic heterocycles. The van der Waals surface area contributed by atoms with E-state index in [0.29, 0.717) is 6.61 Å². The molecule has 15 heavy (non-hydrogen) atoms. The fourth-order valence-electron chi connectivity index (χ4n) is 1.24. The fourth-order valence-corrected chi connectivity index (χ4v) is 1.24. The third-order valence-corrected chi connectivity index (χ3v) is 2.10. The quantitative estimate of drug-likeness (QED) is 0.352. The molecule has 0 N–H and O–H groups in total. The Hall–Kier alpha value is -0.830. The molecule has 0 unspecified atom stereocenters. The van der Waals surface area contributed by atoms with Crippen molar-refractivity contribution in [3.8, 4) is 0 Å². The molecule has 88 valence electrons. The molecule has 0 aromatic carbocycles. The molecule has 0 bridgehead atoms. The summed E-state index contributed by atoms with van der Waals surface area (Å²) >= 11 is 0. The Bertz CT molecular complexity index is 190. The highest BCUT2D eigenvalue weighted by Crippen LogP contribution is 1.96. The van der Waals surface area contributed by atoms with Gasteiger partial charge in [0.1, 0.15) is 0 Å². The maximum Gasteiger partial charge on any atom is 0.330 e. The van der Waals surface area contributed by atoms with Crippen LogP contribution in [0.1, 0.15) is 33.1 Å². The first-order valence-corrected chi connectivity index (χ1v) is 5.72. The lowest BCUT2D eigenvalue weighted by molar-refractivity contribution is -0.137. The predicted molar refractivity (Wildman–Crippen MR) is 62.8 cm³/mol. The number of unbranched alkanes of at least 4 members (excludes halogenated alkanes) is 2. The summed E-state index contributed by atoms with van der Waals surface area (Å²) in [5.74, 6) is -0.251. The Balaban J connectivity index is 3.51. The molecule has 3 nitrogen and oxygen atoms in total. The summed E-state index contributed by atoms with van der Waals surface area (Å²) in [4.78, 5) is 13.2. The zero-order valence-electron chi connectivity index (χ0n) is 10.2. The lowest BCUT2D eigenvalue weighted by Gasteiger charge is -2.13. The molecule has 0 saturated carbocycles. The van der Waals surface area contributed by atoms with E-state index in [4.69, 9.17) is 4.74 Å². The third kappa shape index (κ3) is 9.47. The largest absolute Gasteiger partial charge is 0.463 e. The van der Waals surface area contributed by atoms with Gasteiger partial charge in [-0.25, -0.2) is 4.79 Å². The summed E-state index contributed by atoms with van der Waals surface area (Å²) in [7, 11) is 2.06. The first kappa shape index (κ1) is 14.2. The van der Waals surface area contributed by atoms with E-state index in [9.17, 15) is 4.79 Å². The summed E-state index contributed by atoms with van der Waals surface area (Å²) in [6.07, 6.45) is 7.09. The maximum absolute atomic E-state index is 11.0. The number of hydrogen-bond donors (Lipinski definition) is 0. The van der Waals surface area contributed by atoms with Crippen molar-refractivity contribution in [2.24, 2.45) is 0 Å². The van der Waals surface area contributed by atoms with Crippen LogP contribution < -0.4 is 0 Å². The van der Waals surface area contributed by atoms with Crippen LogP contribution in [-0.4, -0.2) is 37.6 Å². The Morgan fingerprint density at radius 2 is 2.07 bits per heavy atom. The minimum Gasteiger partial charge on any atom is -0.463 e. The van der Waals surface area contributed by atoms with E-state index in [1.165, 1.54) is 25.3 Å². The van der Waals surface area contributed by atoms with Gasteiger partial charge in [0.25, 0.3) is 0 Å². The minimum atomic E-state index is -0.251. The molecule has 0 amide bonds. The number of esters is 1. The molecule has 0 fully saturated rings. The van der Waals surface area contributed by atoms with Crippen LogP contribution in [0.5, 0.6) is 0 Å². The van der Waals surface area contributed by atoms with Crippen molar-refractivity contribution >= 4 is 5.97 Å². The second-order valence-electron chi connectivity index (χ2n) is 3.62. The highest BCUT2D eigenvalue weighted by atomic mass is 16.5. The Morgan fingerprint density at radius 1 is 1.33 bits per heavy atom. The second-order valence-corrected chi connectivity index (χ2v) is 3.62. The number of nitrogens with zero attached hydrogens (tertiary/aromatic N) is 1. The summed E-state index contributed by atoms with van der Waals surface area (Å²) in [5, 5.41) is 0. The van der Waals surface area contributed by atoms with E-state index in [1.54, 1.807) is 0 Å². The van der Waals surface area contributed by atoms with Gasteiger partial charge < -0.3 is 9.64 Å². The highest BCUT2D eigenvalue weighted by Gasteiger charge is 1.96. The third-order valence-electron chi connectivity index (χ3n) is 2.10. The number of carbonyl (C=O) groups excluding carboxylic acids is 1. The molecule has 0 aliphatic carbocycles. The Labute approximate surface area is 93.1 Å². The first-order valence-electron chi connectivity index (χ1n) is 5.72. The summed E-state index contributed by atoms with van der Waals surface area (Å²) in [6, 6.07) is 0. The monoisotopic (exact) mass is 213 g/mol. The van der Waals surface area contributed by atoms with E-state index in [-0.39, 0.29) is 5.97 Å². The van der Waals surface area contributed by atoms with E-state index in [1.807, 2.05) is 13.0 Å². The average molecular weight is 213 g/mol. The van der Waals surface area contributed by atoms with Crippen LogP contribution in [0.25, 0.3) is 0 Å². The molecule has 0 radical (unpaired) electrons. The molecular weight excluding hydrogens is 190 g/mol. The lowest BCUT2D eigenvalue weighted by Crippen LogP contribution is -2.19. The van der Waals surface area contributed by atoms with Crippen LogP contribution in [-0.2, 0) is 9.53 Å². The van der Waals surface area contributed by atoms with Gasteiger partial charge in [-0.2, -0.15) is 0 Å². The van der Waals surface area contributed by atoms with Crippen molar-refractivity contribution in [3.05, 3.63) is 12.2 Å². The number of ether oxygens (including phenoxy) is 1. The van der Waals surface area contributed by atoms with Crippen molar-refractivity contribution in [2.45, 2.75) is 33.1 Å². The molecule has 0 heterocycles. The van der Waals surface area contributed by atoms with Gasteiger partial charge in [0.05, 0.1) is 6.61 Å². The summed E-state index contributed by atoms with van der Waals surface area (Å²) < 4.78 is 4.78. The maximum atomic E-state index is 11.0. The SMILES string of the molecule is CCCCCN(C)C/C=C/C(=O)OCC. The fraction of sp³-hybridized carbons (Fsp3) is 0.750. The molecule has 0 spiro atoms. The minimum absolute atomic E-state index is 0.251. The van der Waals surface area contributed by atoms with Crippen LogP contribution in [0, 0.1) is 0 Å². The highest BCUT2D eigenvalue weighted by molar-refractivity contribution is 5.81. The predicted octanol–water partition coefficient (Wildman–Crippen LogP) is 2.23. The number of likely N-dealkylation sites (N-methyl/N-ethyl adjacent to an activating group) is 1. The molecule has 0 atom stereocenters. The smallest absolute Gasteiger partial charge is 0.330 e. The molecule has 0 aliphatic rings. The lowest BCUT2D eigenvalue weighted by atomic mass is 10.2. The van der Waals surface area contributed by atoms with Gasteiger partial charge in [0.2, 0.25) is 0 Å². The average Bonchev–Trinajstić information content (AvgIpc) is 2.18. The number of rotatable bonds is 8. The van der Waals surface area contributed by atoms with Gasteiger partial charge in [-0.1, -0.05) is 25.8 Å². The topological polar surface area (TPSA) is 29.5 Å². The van der Waals surface area contributed by atoms with Crippen molar-refractivity contribution < 1.29 is 9.53 Å². The van der Waals surface area contributed by atoms with E-state index in [2.05, 4.69) is 18.9 Å². The van der Waals surface area contributed by atoms with Crippen LogP contribution >= 0.6 is 0 Å². The van der Waals surface area contributed by atoms with E-state index in [0.717, 1.165) is 13.1 Å². The molecule has 0 aliphatic heterocycles. The molecule has 0 aromatic rings. The van der Waals surface area contributed by atoms with Crippen molar-refractivity contribution in [2.75, 3.05) is 26.7 Å². The van der Waals surface area contributed by atoms with Crippen molar-refractivity contribution in [3.63, 3.8) is 0 Å². The zero-order chi connectivity index (χ0) is 11.5. The van der Waals surface area contributed by atoms with Gasteiger partial charge in [0, 0.05) is 12.6 Å². The van der Waals surface area contributed by atoms with Crippen LogP contribution in [0.4, 0.5) is 0 Å². The standard InChI is InChI=1S/C12H23NO2/c1-4-6-7-10-13(3)11-8-9-12(14)15-5-2/h8-9H,4-7,10-11H2,1-3H3/b9-8+. The van der Waals surface area contributed by atoms with Gasteiger partial charge in [-0.15, -0.1) is 0 Å². The second kappa shape index (κ2) is 9.71. The Kier molecular flexibility index (Phi) is 9.18. The summed E-state index contributed by atoms with van der Waals surface area (Å²) in [6.45, 7) is 6.34. The van der Waals surface area contributed by atoms with Crippen LogP contribution in [0.15, 0.2) is 12.2 Å². The van der Waals surface area contributed by atoms with Crippen LogP contribution in [0.3, 0.4) is 0 Å². The zero-order valence-corrected chi connectivity index (χ0v) is 10.2. The molecule has 0 rings (SSSR count). The van der Waals surface area contributed by atoms with Crippen molar-refractivity contribution in [1.29, 1.82) is 0 Å². The molecule has 0 saturated heterocycles. The normalized spacial score (nSPS) is 11.2. The van der Waals surface area contributed by atoms with Gasteiger partial charge >= 0.3 is 5.97 Å². The molecule has 3 heteroatoms. The van der Waals surface area contributed by atoms with Gasteiger partial charge in [-0.05, 0) is 26.9 Å². The van der Waals surface area contributed by atoms with Crippen molar-refractivity contribution in [1.82, 2.24) is 4.90 Å². The number of hydrogen-bond acceptors (Lipinski definition) is 3. The van der Waals surface area contributed by atoms with E-state index < -0.39 is 0 Å². The number of carbonyl (C=O) groups is 1. The summed E-state index contributed by atoms with van der Waals surface area (Å²) in [5.41, 5.74) is 0. The molecular formula is C12H23NO2. The Morgan fingerprint density at radius 3 is 2.67 bits per heavy atom. The van der Waals surface area contributed by atoms with Gasteiger partial charge in [-0.3, -0.25) is 0 Å².